The second-order valence-corrected chi connectivity index (χ2v) is 4.93. The summed E-state index contributed by atoms with van der Waals surface area (Å²) in [5.74, 6) is -1.02. The highest BCUT2D eigenvalue weighted by molar-refractivity contribution is 5.77. The molecule has 1 aromatic rings. The first-order valence-corrected chi connectivity index (χ1v) is 6.70. The first kappa shape index (κ1) is 13.6. The molecule has 0 saturated carbocycles. The van der Waals surface area contributed by atoms with Crippen LogP contribution in [0.2, 0.25) is 0 Å². The summed E-state index contributed by atoms with van der Waals surface area (Å²) >= 11 is 0. The monoisotopic (exact) mass is 261 g/mol. The summed E-state index contributed by atoms with van der Waals surface area (Å²) in [6.45, 7) is 2.37. The number of carboxylic acid groups (broad SMARTS) is 1. The lowest BCUT2D eigenvalue weighted by molar-refractivity contribution is -0.147. The molecule has 1 aliphatic rings. The zero-order valence-electron chi connectivity index (χ0n) is 11.1. The molecule has 1 amide bonds. The number of likely N-dealkylation sites (tertiary alicyclic amines) is 1. The van der Waals surface area contributed by atoms with Crippen LogP contribution in [0.15, 0.2) is 30.3 Å². The number of nitrogens with zero attached hydrogens (tertiary/aromatic N) is 1. The molecule has 0 aliphatic carbocycles. The SMILES string of the molecule is CCC(=O)N1CCC(C(=O)O)CC1c1ccccc1. The molecule has 0 bridgehead atoms. The van der Waals surface area contributed by atoms with Crippen molar-refractivity contribution in [2.24, 2.45) is 5.92 Å². The lowest BCUT2D eigenvalue weighted by Crippen LogP contribution is -2.42. The van der Waals surface area contributed by atoms with Crippen molar-refractivity contribution in [2.75, 3.05) is 6.54 Å². The number of aliphatic carboxylic acids is 1. The molecule has 0 aromatic heterocycles. The van der Waals surface area contributed by atoms with E-state index in [1.807, 2.05) is 42.2 Å². The van der Waals surface area contributed by atoms with Crippen LogP contribution in [0.1, 0.15) is 37.8 Å². The van der Waals surface area contributed by atoms with E-state index < -0.39 is 5.97 Å². The molecular formula is C15H19NO3. The van der Waals surface area contributed by atoms with Gasteiger partial charge in [-0.05, 0) is 18.4 Å². The first-order valence-electron chi connectivity index (χ1n) is 6.70. The van der Waals surface area contributed by atoms with Crippen LogP contribution in [-0.2, 0) is 9.59 Å². The van der Waals surface area contributed by atoms with Crippen LogP contribution < -0.4 is 0 Å². The van der Waals surface area contributed by atoms with Gasteiger partial charge in [0.25, 0.3) is 0 Å². The van der Waals surface area contributed by atoms with Crippen LogP contribution in [-0.4, -0.2) is 28.4 Å². The molecule has 4 nitrogen and oxygen atoms in total. The zero-order valence-corrected chi connectivity index (χ0v) is 11.1. The Bertz CT molecular complexity index is 458. The number of carbonyl (C=O) groups excluding carboxylic acids is 1. The summed E-state index contributed by atoms with van der Waals surface area (Å²) in [6.07, 6.45) is 1.51. The molecule has 102 valence electrons. The fourth-order valence-corrected chi connectivity index (χ4v) is 2.68. The van der Waals surface area contributed by atoms with E-state index in [-0.39, 0.29) is 17.9 Å². The van der Waals surface area contributed by atoms with Crippen LogP contribution in [0.3, 0.4) is 0 Å². The topological polar surface area (TPSA) is 57.6 Å². The largest absolute Gasteiger partial charge is 0.481 e. The van der Waals surface area contributed by atoms with E-state index in [2.05, 4.69) is 0 Å². The summed E-state index contributed by atoms with van der Waals surface area (Å²) < 4.78 is 0. The Morgan fingerprint density at radius 3 is 2.58 bits per heavy atom. The summed E-state index contributed by atoms with van der Waals surface area (Å²) in [5, 5.41) is 9.18. The van der Waals surface area contributed by atoms with Gasteiger partial charge in [0.1, 0.15) is 0 Å². The number of piperidine rings is 1. The van der Waals surface area contributed by atoms with Crippen molar-refractivity contribution in [3.05, 3.63) is 35.9 Å². The predicted molar refractivity (Wildman–Crippen MR) is 71.5 cm³/mol. The highest BCUT2D eigenvalue weighted by Crippen LogP contribution is 2.34. The number of hydrogen-bond donors (Lipinski definition) is 1. The van der Waals surface area contributed by atoms with Crippen molar-refractivity contribution in [1.82, 2.24) is 4.90 Å². The van der Waals surface area contributed by atoms with Crippen LogP contribution in [0.25, 0.3) is 0 Å². The Kier molecular flexibility index (Phi) is 4.20. The zero-order chi connectivity index (χ0) is 13.8. The molecule has 1 aliphatic heterocycles. The second kappa shape index (κ2) is 5.87. The van der Waals surface area contributed by atoms with Gasteiger partial charge in [-0.1, -0.05) is 37.3 Å². The number of benzene rings is 1. The second-order valence-electron chi connectivity index (χ2n) is 4.93. The Morgan fingerprint density at radius 2 is 2.00 bits per heavy atom. The molecule has 1 saturated heterocycles. The van der Waals surface area contributed by atoms with Crippen LogP contribution >= 0.6 is 0 Å². The van der Waals surface area contributed by atoms with E-state index in [0.29, 0.717) is 25.8 Å². The molecule has 2 unspecified atom stereocenters. The Balaban J connectivity index is 2.25. The Labute approximate surface area is 113 Å². The van der Waals surface area contributed by atoms with Gasteiger partial charge < -0.3 is 10.0 Å². The van der Waals surface area contributed by atoms with E-state index in [4.69, 9.17) is 0 Å². The highest BCUT2D eigenvalue weighted by Gasteiger charge is 2.34. The van der Waals surface area contributed by atoms with Gasteiger partial charge in [-0.25, -0.2) is 0 Å². The van der Waals surface area contributed by atoms with Crippen LogP contribution in [0, 0.1) is 5.92 Å². The predicted octanol–water partition coefficient (Wildman–Crippen LogP) is 2.46. The summed E-state index contributed by atoms with van der Waals surface area (Å²) in [7, 11) is 0. The molecule has 1 fully saturated rings. The minimum Gasteiger partial charge on any atom is -0.481 e. The standard InChI is InChI=1S/C15H19NO3/c1-2-14(17)16-9-8-12(15(18)19)10-13(16)11-6-4-3-5-7-11/h3-7,12-13H,2,8-10H2,1H3,(H,18,19). The molecule has 1 aromatic carbocycles. The number of rotatable bonds is 3. The molecule has 2 atom stereocenters. The fourth-order valence-electron chi connectivity index (χ4n) is 2.68. The van der Waals surface area contributed by atoms with Crippen molar-refractivity contribution in [3.8, 4) is 0 Å². The van der Waals surface area contributed by atoms with Gasteiger partial charge in [0, 0.05) is 13.0 Å². The van der Waals surface area contributed by atoms with Gasteiger partial charge in [0.2, 0.25) is 5.91 Å². The van der Waals surface area contributed by atoms with E-state index in [0.717, 1.165) is 5.56 Å². The molecule has 1 N–H and O–H groups in total. The third-order valence-electron chi connectivity index (χ3n) is 3.76. The minimum absolute atomic E-state index is 0.0951. The average molecular weight is 261 g/mol. The van der Waals surface area contributed by atoms with Crippen molar-refractivity contribution in [2.45, 2.75) is 32.2 Å². The maximum absolute atomic E-state index is 12.0. The third kappa shape index (κ3) is 2.95. The van der Waals surface area contributed by atoms with Crippen molar-refractivity contribution >= 4 is 11.9 Å². The number of hydrogen-bond acceptors (Lipinski definition) is 2. The third-order valence-corrected chi connectivity index (χ3v) is 3.76. The smallest absolute Gasteiger partial charge is 0.306 e. The summed E-state index contributed by atoms with van der Waals surface area (Å²) in [6, 6.07) is 9.59. The molecule has 0 radical (unpaired) electrons. The first-order chi connectivity index (χ1) is 9.13. The van der Waals surface area contributed by atoms with Gasteiger partial charge in [-0.15, -0.1) is 0 Å². The number of amides is 1. The maximum atomic E-state index is 12.0. The number of carbonyl (C=O) groups is 2. The maximum Gasteiger partial charge on any atom is 0.306 e. The van der Waals surface area contributed by atoms with E-state index >= 15 is 0 Å². The van der Waals surface area contributed by atoms with Gasteiger partial charge >= 0.3 is 5.97 Å². The van der Waals surface area contributed by atoms with Crippen molar-refractivity contribution < 1.29 is 14.7 Å². The molecular weight excluding hydrogens is 242 g/mol. The van der Waals surface area contributed by atoms with Crippen molar-refractivity contribution in [3.63, 3.8) is 0 Å². The highest BCUT2D eigenvalue weighted by atomic mass is 16.4. The van der Waals surface area contributed by atoms with Gasteiger partial charge in [-0.3, -0.25) is 9.59 Å². The lowest BCUT2D eigenvalue weighted by Gasteiger charge is -2.38. The molecule has 4 heteroatoms. The summed E-state index contributed by atoms with van der Waals surface area (Å²) in [4.78, 5) is 25.0. The normalized spacial score (nSPS) is 23.1. The lowest BCUT2D eigenvalue weighted by atomic mass is 9.87. The molecule has 2 rings (SSSR count). The van der Waals surface area contributed by atoms with E-state index in [1.165, 1.54) is 0 Å². The van der Waals surface area contributed by atoms with Crippen LogP contribution in [0.5, 0.6) is 0 Å². The fraction of sp³-hybridized carbons (Fsp3) is 0.467. The summed E-state index contributed by atoms with van der Waals surface area (Å²) in [5.41, 5.74) is 1.02. The van der Waals surface area contributed by atoms with Gasteiger partial charge in [0.15, 0.2) is 0 Å². The van der Waals surface area contributed by atoms with E-state index in [1.54, 1.807) is 0 Å². The molecule has 1 heterocycles. The number of carboxylic acids is 1. The van der Waals surface area contributed by atoms with Crippen LogP contribution in [0.4, 0.5) is 0 Å². The Hall–Kier alpha value is -1.84. The minimum atomic E-state index is -0.760. The Morgan fingerprint density at radius 1 is 1.32 bits per heavy atom. The van der Waals surface area contributed by atoms with E-state index in [9.17, 15) is 14.7 Å². The van der Waals surface area contributed by atoms with Gasteiger partial charge in [-0.2, -0.15) is 0 Å². The molecule has 19 heavy (non-hydrogen) atoms. The molecule has 0 spiro atoms. The van der Waals surface area contributed by atoms with Crippen molar-refractivity contribution in [1.29, 1.82) is 0 Å². The van der Waals surface area contributed by atoms with Gasteiger partial charge in [0.05, 0.1) is 12.0 Å². The quantitative estimate of drug-likeness (QED) is 0.909. The average Bonchev–Trinajstić information content (AvgIpc) is 2.46.